The Labute approximate surface area is 117 Å². The Bertz CT molecular complexity index is 706. The lowest BCUT2D eigenvalue weighted by Gasteiger charge is -2.10. The second-order valence-electron chi connectivity index (χ2n) is 4.97. The lowest BCUT2D eigenvalue weighted by molar-refractivity contribution is 0.133. The molecule has 20 heavy (non-hydrogen) atoms. The maximum Gasteiger partial charge on any atom is 0.0541 e. The van der Waals surface area contributed by atoms with E-state index in [1.807, 2.05) is 25.3 Å². The van der Waals surface area contributed by atoms with E-state index in [0.29, 0.717) is 0 Å². The Kier molecular flexibility index (Phi) is 3.50. The molecule has 0 aliphatic rings. The zero-order chi connectivity index (χ0) is 13.9. The van der Waals surface area contributed by atoms with Crippen LogP contribution < -0.4 is 5.48 Å². The van der Waals surface area contributed by atoms with Gasteiger partial charge in [-0.3, -0.25) is 4.98 Å². The molecule has 4 nitrogen and oxygen atoms in total. The van der Waals surface area contributed by atoms with Gasteiger partial charge in [0.15, 0.2) is 0 Å². The Hall–Kier alpha value is -2.17. The number of hydrogen-bond acceptors (Lipinski definition) is 3. The molecule has 0 saturated carbocycles. The third kappa shape index (κ3) is 2.43. The molecule has 3 aromatic rings. The van der Waals surface area contributed by atoms with Gasteiger partial charge >= 0.3 is 0 Å². The maximum absolute atomic E-state index is 9.00. The molecule has 0 saturated heterocycles. The van der Waals surface area contributed by atoms with Crippen molar-refractivity contribution in [2.75, 3.05) is 0 Å². The number of rotatable bonds is 4. The molecule has 0 bridgehead atoms. The summed E-state index contributed by atoms with van der Waals surface area (Å²) in [5.41, 5.74) is 5.71. The monoisotopic (exact) mass is 267 g/mol. The minimum atomic E-state index is -0.0685. The molecule has 0 amide bonds. The number of hydrogen-bond donors (Lipinski definition) is 2. The molecule has 1 aromatic carbocycles. The van der Waals surface area contributed by atoms with E-state index >= 15 is 0 Å². The summed E-state index contributed by atoms with van der Waals surface area (Å²) in [6.07, 6.45) is 5.75. The Morgan fingerprint density at radius 1 is 1.30 bits per heavy atom. The van der Waals surface area contributed by atoms with Gasteiger partial charge in [0.1, 0.15) is 0 Å². The van der Waals surface area contributed by atoms with Crippen LogP contribution in [0.3, 0.4) is 0 Å². The maximum atomic E-state index is 9.00. The van der Waals surface area contributed by atoms with Gasteiger partial charge in [-0.1, -0.05) is 12.1 Å². The lowest BCUT2D eigenvalue weighted by atomic mass is 10.1. The van der Waals surface area contributed by atoms with Crippen LogP contribution in [0.5, 0.6) is 0 Å². The predicted molar refractivity (Wildman–Crippen MR) is 78.6 cm³/mol. The molecule has 1 atom stereocenters. The molecule has 102 valence electrons. The minimum Gasteiger partial charge on any atom is -0.343 e. The van der Waals surface area contributed by atoms with Crippen LogP contribution in [-0.4, -0.2) is 14.8 Å². The zero-order valence-corrected chi connectivity index (χ0v) is 11.3. The van der Waals surface area contributed by atoms with E-state index in [-0.39, 0.29) is 6.04 Å². The summed E-state index contributed by atoms with van der Waals surface area (Å²) in [5.74, 6) is 0. The highest BCUT2D eigenvalue weighted by atomic mass is 16.5. The number of pyridine rings is 1. The number of aromatic nitrogens is 2. The number of fused-ring (bicyclic) bond motifs is 1. The van der Waals surface area contributed by atoms with Crippen molar-refractivity contribution in [2.24, 2.45) is 0 Å². The summed E-state index contributed by atoms with van der Waals surface area (Å²) < 4.78 is 2.20. The van der Waals surface area contributed by atoms with Gasteiger partial charge < -0.3 is 9.77 Å². The molecular formula is C16H17N3O. The third-order valence-corrected chi connectivity index (χ3v) is 3.56. The first-order chi connectivity index (χ1) is 9.78. The summed E-state index contributed by atoms with van der Waals surface area (Å²) in [6, 6.07) is 12.3. The fourth-order valence-electron chi connectivity index (χ4n) is 2.39. The topological polar surface area (TPSA) is 50.1 Å². The van der Waals surface area contributed by atoms with Crippen LogP contribution in [0.25, 0.3) is 10.9 Å². The van der Waals surface area contributed by atoms with Gasteiger partial charge in [0.25, 0.3) is 0 Å². The van der Waals surface area contributed by atoms with Gasteiger partial charge in [-0.15, -0.1) is 0 Å². The highest BCUT2D eigenvalue weighted by Gasteiger charge is 2.07. The summed E-state index contributed by atoms with van der Waals surface area (Å²) in [7, 11) is 0. The molecule has 2 aromatic heterocycles. The first-order valence-electron chi connectivity index (χ1n) is 6.65. The molecule has 2 N–H and O–H groups in total. The molecule has 0 spiro atoms. The average Bonchev–Trinajstić information content (AvgIpc) is 2.90. The molecular weight excluding hydrogens is 250 g/mol. The van der Waals surface area contributed by atoms with Crippen molar-refractivity contribution in [1.82, 2.24) is 15.0 Å². The molecule has 4 heteroatoms. The normalized spacial score (nSPS) is 12.7. The molecule has 2 heterocycles. The number of nitrogens with zero attached hydrogens (tertiary/aromatic N) is 2. The van der Waals surface area contributed by atoms with Gasteiger partial charge in [0.05, 0.1) is 6.04 Å². The van der Waals surface area contributed by atoms with E-state index in [9.17, 15) is 0 Å². The highest BCUT2D eigenvalue weighted by Crippen LogP contribution is 2.22. The van der Waals surface area contributed by atoms with Crippen molar-refractivity contribution >= 4 is 10.9 Å². The first kappa shape index (κ1) is 12.8. The highest BCUT2D eigenvalue weighted by molar-refractivity contribution is 5.81. The Morgan fingerprint density at radius 3 is 2.95 bits per heavy atom. The van der Waals surface area contributed by atoms with E-state index in [2.05, 4.69) is 45.5 Å². The lowest BCUT2D eigenvalue weighted by Crippen LogP contribution is -2.12. The van der Waals surface area contributed by atoms with Crippen molar-refractivity contribution in [1.29, 1.82) is 0 Å². The van der Waals surface area contributed by atoms with Crippen LogP contribution in [0.15, 0.2) is 55.0 Å². The molecule has 0 radical (unpaired) electrons. The van der Waals surface area contributed by atoms with Gasteiger partial charge in [-0.25, -0.2) is 0 Å². The number of hydroxylamine groups is 1. The van der Waals surface area contributed by atoms with E-state index in [4.69, 9.17) is 5.21 Å². The van der Waals surface area contributed by atoms with Gasteiger partial charge in [0, 0.05) is 30.7 Å². The van der Waals surface area contributed by atoms with Crippen molar-refractivity contribution in [3.63, 3.8) is 0 Å². The van der Waals surface area contributed by atoms with Gasteiger partial charge in [-0.05, 0) is 47.7 Å². The summed E-state index contributed by atoms with van der Waals surface area (Å²) in [6.45, 7) is 2.73. The average molecular weight is 267 g/mol. The quantitative estimate of drug-likeness (QED) is 0.714. The number of nitrogens with one attached hydrogen (secondary N) is 1. The minimum absolute atomic E-state index is 0.0685. The molecule has 0 aliphatic heterocycles. The summed E-state index contributed by atoms with van der Waals surface area (Å²) >= 11 is 0. The predicted octanol–water partition coefficient (Wildman–Crippen LogP) is 3.12. The number of benzene rings is 1. The van der Waals surface area contributed by atoms with E-state index in [1.165, 1.54) is 16.5 Å². The van der Waals surface area contributed by atoms with Crippen LogP contribution >= 0.6 is 0 Å². The molecule has 3 rings (SSSR count). The van der Waals surface area contributed by atoms with Crippen LogP contribution in [0.2, 0.25) is 0 Å². The van der Waals surface area contributed by atoms with Crippen LogP contribution in [0.1, 0.15) is 24.1 Å². The SMILES string of the molecule is CC(NO)c1ccc2c(ccn2Cc2cccnc2)c1. The largest absolute Gasteiger partial charge is 0.343 e. The van der Waals surface area contributed by atoms with Crippen molar-refractivity contribution < 1.29 is 5.21 Å². The van der Waals surface area contributed by atoms with E-state index in [0.717, 1.165) is 12.1 Å². The third-order valence-electron chi connectivity index (χ3n) is 3.56. The fraction of sp³-hybridized carbons (Fsp3) is 0.188. The van der Waals surface area contributed by atoms with Crippen LogP contribution in [0.4, 0.5) is 0 Å². The van der Waals surface area contributed by atoms with Crippen LogP contribution in [0, 0.1) is 0 Å². The summed E-state index contributed by atoms with van der Waals surface area (Å²) in [4.78, 5) is 4.14. The van der Waals surface area contributed by atoms with Crippen LogP contribution in [-0.2, 0) is 6.54 Å². The Balaban J connectivity index is 1.94. The van der Waals surface area contributed by atoms with Crippen molar-refractivity contribution in [3.05, 3.63) is 66.1 Å². The first-order valence-corrected chi connectivity index (χ1v) is 6.65. The second-order valence-corrected chi connectivity index (χ2v) is 4.97. The molecule has 0 aliphatic carbocycles. The van der Waals surface area contributed by atoms with Gasteiger partial charge in [0.2, 0.25) is 0 Å². The van der Waals surface area contributed by atoms with Crippen molar-refractivity contribution in [3.8, 4) is 0 Å². The standard InChI is InChI=1S/C16H17N3O/c1-12(18-20)14-4-5-16-15(9-14)6-8-19(16)11-13-3-2-7-17-10-13/h2-10,12,18,20H,11H2,1H3. The van der Waals surface area contributed by atoms with Crippen molar-refractivity contribution in [2.45, 2.75) is 19.5 Å². The zero-order valence-electron chi connectivity index (χ0n) is 11.3. The molecule has 0 fully saturated rings. The van der Waals surface area contributed by atoms with Gasteiger partial charge in [-0.2, -0.15) is 5.48 Å². The summed E-state index contributed by atoms with van der Waals surface area (Å²) in [5, 5.41) is 10.2. The van der Waals surface area contributed by atoms with E-state index in [1.54, 1.807) is 6.20 Å². The fourth-order valence-corrected chi connectivity index (χ4v) is 2.39. The second kappa shape index (κ2) is 5.45. The smallest absolute Gasteiger partial charge is 0.0541 e. The van der Waals surface area contributed by atoms with E-state index < -0.39 is 0 Å². The molecule has 1 unspecified atom stereocenters. The Morgan fingerprint density at radius 2 is 2.20 bits per heavy atom.